The van der Waals surface area contributed by atoms with Crippen LogP contribution >= 0.6 is 0 Å². The second-order valence-electron chi connectivity index (χ2n) is 5.22. The van der Waals surface area contributed by atoms with E-state index in [0.29, 0.717) is 0 Å². The van der Waals surface area contributed by atoms with Gasteiger partial charge in [-0.3, -0.25) is 0 Å². The van der Waals surface area contributed by atoms with Gasteiger partial charge in [-0.25, -0.2) is 0 Å². The molecule has 1 rings (SSSR count). The molecule has 0 aromatic rings. The summed E-state index contributed by atoms with van der Waals surface area (Å²) >= 11 is 0. The van der Waals surface area contributed by atoms with E-state index < -0.39 is 0 Å². The lowest BCUT2D eigenvalue weighted by atomic mass is 10.0. The summed E-state index contributed by atoms with van der Waals surface area (Å²) in [6, 6.07) is 1.48. The first-order valence-electron chi connectivity index (χ1n) is 6.62. The van der Waals surface area contributed by atoms with E-state index in [2.05, 4.69) is 37.9 Å². The van der Waals surface area contributed by atoms with Gasteiger partial charge in [0.15, 0.2) is 0 Å². The SMILES string of the molecule is CCC1CCN(C(C)C(C)C)CCCN1. The van der Waals surface area contributed by atoms with Gasteiger partial charge in [-0.15, -0.1) is 0 Å². The van der Waals surface area contributed by atoms with Crippen molar-refractivity contribution in [3.8, 4) is 0 Å². The third-order valence-corrected chi connectivity index (χ3v) is 3.85. The zero-order chi connectivity index (χ0) is 11.3. The minimum Gasteiger partial charge on any atom is -0.314 e. The molecule has 0 aromatic heterocycles. The number of rotatable bonds is 3. The molecule has 1 saturated heterocycles. The lowest BCUT2D eigenvalue weighted by Gasteiger charge is -2.35. The van der Waals surface area contributed by atoms with Gasteiger partial charge in [0.1, 0.15) is 0 Å². The fraction of sp³-hybridized carbons (Fsp3) is 1.00. The lowest BCUT2D eigenvalue weighted by molar-refractivity contribution is 0.147. The number of hydrogen-bond acceptors (Lipinski definition) is 2. The van der Waals surface area contributed by atoms with Crippen LogP contribution in [0.4, 0.5) is 0 Å². The molecule has 15 heavy (non-hydrogen) atoms. The van der Waals surface area contributed by atoms with Gasteiger partial charge in [0, 0.05) is 12.1 Å². The first-order chi connectivity index (χ1) is 7.15. The Morgan fingerprint density at radius 1 is 1.27 bits per heavy atom. The van der Waals surface area contributed by atoms with Gasteiger partial charge in [-0.1, -0.05) is 20.8 Å². The molecular weight excluding hydrogens is 184 g/mol. The van der Waals surface area contributed by atoms with E-state index in [-0.39, 0.29) is 0 Å². The molecule has 0 spiro atoms. The second kappa shape index (κ2) is 6.49. The topological polar surface area (TPSA) is 15.3 Å². The fourth-order valence-corrected chi connectivity index (χ4v) is 2.30. The number of nitrogens with one attached hydrogen (secondary N) is 1. The molecule has 0 radical (unpaired) electrons. The van der Waals surface area contributed by atoms with E-state index in [1.54, 1.807) is 0 Å². The Kier molecular flexibility index (Phi) is 5.62. The monoisotopic (exact) mass is 212 g/mol. The van der Waals surface area contributed by atoms with Gasteiger partial charge in [0.2, 0.25) is 0 Å². The minimum atomic E-state index is 0.737. The van der Waals surface area contributed by atoms with E-state index in [1.807, 2.05) is 0 Å². The predicted octanol–water partition coefficient (Wildman–Crippen LogP) is 2.49. The first-order valence-corrected chi connectivity index (χ1v) is 6.62. The van der Waals surface area contributed by atoms with Crippen LogP contribution in [0, 0.1) is 5.92 Å². The lowest BCUT2D eigenvalue weighted by Crippen LogP contribution is -2.44. The standard InChI is InChI=1S/C13H28N2/c1-5-13-7-10-15(9-6-8-14-13)12(4)11(2)3/h11-14H,5-10H2,1-4H3. The Morgan fingerprint density at radius 2 is 2.00 bits per heavy atom. The van der Waals surface area contributed by atoms with Crippen molar-refractivity contribution in [1.82, 2.24) is 10.2 Å². The Hall–Kier alpha value is -0.0800. The molecule has 1 heterocycles. The summed E-state index contributed by atoms with van der Waals surface area (Å²) < 4.78 is 0. The molecule has 1 aliphatic heterocycles. The Morgan fingerprint density at radius 3 is 2.60 bits per heavy atom. The summed E-state index contributed by atoms with van der Waals surface area (Å²) in [6.45, 7) is 13.1. The molecule has 2 nitrogen and oxygen atoms in total. The Bertz CT molecular complexity index is 168. The zero-order valence-electron chi connectivity index (χ0n) is 10.9. The molecule has 90 valence electrons. The highest BCUT2D eigenvalue weighted by Crippen LogP contribution is 2.14. The van der Waals surface area contributed by atoms with Gasteiger partial charge in [-0.05, 0) is 51.7 Å². The summed E-state index contributed by atoms with van der Waals surface area (Å²) in [5.74, 6) is 0.775. The number of hydrogen-bond donors (Lipinski definition) is 1. The molecule has 0 aromatic carbocycles. The van der Waals surface area contributed by atoms with Crippen molar-refractivity contribution >= 4 is 0 Å². The van der Waals surface area contributed by atoms with Gasteiger partial charge < -0.3 is 10.2 Å². The van der Waals surface area contributed by atoms with Crippen LogP contribution in [0.25, 0.3) is 0 Å². The minimum absolute atomic E-state index is 0.737. The normalized spacial score (nSPS) is 27.4. The van der Waals surface area contributed by atoms with Crippen molar-refractivity contribution in [3.63, 3.8) is 0 Å². The highest BCUT2D eigenvalue weighted by Gasteiger charge is 2.19. The van der Waals surface area contributed by atoms with Crippen LogP contribution < -0.4 is 5.32 Å². The molecule has 1 aliphatic rings. The van der Waals surface area contributed by atoms with Gasteiger partial charge >= 0.3 is 0 Å². The van der Waals surface area contributed by atoms with Crippen LogP contribution in [0.5, 0.6) is 0 Å². The molecule has 1 N–H and O–H groups in total. The summed E-state index contributed by atoms with van der Waals surface area (Å²) in [5, 5.41) is 3.63. The van der Waals surface area contributed by atoms with E-state index in [0.717, 1.165) is 18.0 Å². The third-order valence-electron chi connectivity index (χ3n) is 3.85. The largest absolute Gasteiger partial charge is 0.314 e. The first kappa shape index (κ1) is 13.0. The number of nitrogens with zero attached hydrogens (tertiary/aromatic N) is 1. The van der Waals surface area contributed by atoms with E-state index in [1.165, 1.54) is 38.9 Å². The molecule has 0 amide bonds. The van der Waals surface area contributed by atoms with Crippen LogP contribution in [-0.4, -0.2) is 36.6 Å². The van der Waals surface area contributed by atoms with Crippen LogP contribution in [-0.2, 0) is 0 Å². The highest BCUT2D eigenvalue weighted by atomic mass is 15.2. The maximum absolute atomic E-state index is 3.63. The molecule has 0 bridgehead atoms. The quantitative estimate of drug-likeness (QED) is 0.773. The second-order valence-corrected chi connectivity index (χ2v) is 5.22. The highest BCUT2D eigenvalue weighted by molar-refractivity contribution is 4.76. The summed E-state index contributed by atoms with van der Waals surface area (Å²) in [7, 11) is 0. The molecule has 0 aliphatic carbocycles. The van der Waals surface area contributed by atoms with Crippen molar-refractivity contribution in [2.45, 2.75) is 59.0 Å². The molecule has 2 atom stereocenters. The Balaban J connectivity index is 2.44. The maximum Gasteiger partial charge on any atom is 0.00899 e. The van der Waals surface area contributed by atoms with Crippen molar-refractivity contribution in [2.75, 3.05) is 19.6 Å². The van der Waals surface area contributed by atoms with Gasteiger partial charge in [0.05, 0.1) is 0 Å². The summed E-state index contributed by atoms with van der Waals surface area (Å²) in [6.07, 6.45) is 3.88. The van der Waals surface area contributed by atoms with Crippen LogP contribution in [0.1, 0.15) is 47.0 Å². The van der Waals surface area contributed by atoms with Crippen LogP contribution in [0.3, 0.4) is 0 Å². The zero-order valence-corrected chi connectivity index (χ0v) is 10.9. The van der Waals surface area contributed by atoms with E-state index in [4.69, 9.17) is 0 Å². The van der Waals surface area contributed by atoms with E-state index in [9.17, 15) is 0 Å². The van der Waals surface area contributed by atoms with Crippen LogP contribution in [0.15, 0.2) is 0 Å². The smallest absolute Gasteiger partial charge is 0.00899 e. The van der Waals surface area contributed by atoms with E-state index >= 15 is 0 Å². The molecule has 2 heteroatoms. The van der Waals surface area contributed by atoms with Crippen LogP contribution in [0.2, 0.25) is 0 Å². The van der Waals surface area contributed by atoms with Crippen molar-refractivity contribution in [2.24, 2.45) is 5.92 Å². The third kappa shape index (κ3) is 4.12. The van der Waals surface area contributed by atoms with Gasteiger partial charge in [0.25, 0.3) is 0 Å². The molecule has 2 unspecified atom stereocenters. The van der Waals surface area contributed by atoms with Crippen molar-refractivity contribution < 1.29 is 0 Å². The summed E-state index contributed by atoms with van der Waals surface area (Å²) in [5.41, 5.74) is 0. The van der Waals surface area contributed by atoms with Gasteiger partial charge in [-0.2, -0.15) is 0 Å². The maximum atomic E-state index is 3.63. The van der Waals surface area contributed by atoms with Crippen molar-refractivity contribution in [1.29, 1.82) is 0 Å². The summed E-state index contributed by atoms with van der Waals surface area (Å²) in [4.78, 5) is 2.67. The van der Waals surface area contributed by atoms with Crippen molar-refractivity contribution in [3.05, 3.63) is 0 Å². The predicted molar refractivity (Wildman–Crippen MR) is 67.2 cm³/mol. The average Bonchev–Trinajstić information content (AvgIpc) is 2.17. The molecule has 0 saturated carbocycles. The fourth-order valence-electron chi connectivity index (χ4n) is 2.30. The molecule has 1 fully saturated rings. The molecular formula is C13H28N2. The Labute approximate surface area is 95.4 Å². The average molecular weight is 212 g/mol.